The van der Waals surface area contributed by atoms with Gasteiger partial charge < -0.3 is 0 Å². The van der Waals surface area contributed by atoms with Crippen molar-refractivity contribution in [3.05, 3.63) is 26.6 Å². The molecule has 3 rings (SSSR count). The molecule has 0 spiro atoms. The summed E-state index contributed by atoms with van der Waals surface area (Å²) in [7, 11) is 3.10. The second kappa shape index (κ2) is 6.07. The van der Waals surface area contributed by atoms with Gasteiger partial charge in [0.1, 0.15) is 0 Å². The summed E-state index contributed by atoms with van der Waals surface area (Å²) in [6.07, 6.45) is 3.90. The molecule has 1 aliphatic rings. The van der Waals surface area contributed by atoms with E-state index in [4.69, 9.17) is 11.6 Å². The molecule has 2 aromatic heterocycles. The molecule has 2 aromatic rings. The van der Waals surface area contributed by atoms with Crippen molar-refractivity contribution in [3.8, 4) is 0 Å². The van der Waals surface area contributed by atoms with E-state index in [0.29, 0.717) is 5.56 Å². The summed E-state index contributed by atoms with van der Waals surface area (Å²) in [6.45, 7) is 0. The van der Waals surface area contributed by atoms with Crippen LogP contribution >= 0.6 is 11.6 Å². The van der Waals surface area contributed by atoms with Crippen molar-refractivity contribution in [3.63, 3.8) is 0 Å². The quantitative estimate of drug-likeness (QED) is 0.890. The molecule has 1 N–H and O–H groups in total. The van der Waals surface area contributed by atoms with E-state index in [1.807, 2.05) is 0 Å². The fourth-order valence-electron chi connectivity index (χ4n) is 2.84. The largest absolute Gasteiger partial charge is 0.288 e. The van der Waals surface area contributed by atoms with Crippen molar-refractivity contribution in [1.29, 1.82) is 0 Å². The van der Waals surface area contributed by atoms with E-state index in [0.717, 1.165) is 30.4 Å². The van der Waals surface area contributed by atoms with Crippen molar-refractivity contribution in [1.82, 2.24) is 30.0 Å². The molecular formula is C13H16ClN7O2. The lowest BCUT2D eigenvalue weighted by molar-refractivity contribution is 0.101. The van der Waals surface area contributed by atoms with Gasteiger partial charge >= 0.3 is 0 Å². The van der Waals surface area contributed by atoms with Gasteiger partial charge in [-0.2, -0.15) is 5.10 Å². The van der Waals surface area contributed by atoms with E-state index in [2.05, 4.69) is 25.9 Å². The van der Waals surface area contributed by atoms with Crippen molar-refractivity contribution in [2.24, 2.45) is 14.1 Å². The van der Waals surface area contributed by atoms with Crippen LogP contribution in [0, 0.1) is 0 Å². The summed E-state index contributed by atoms with van der Waals surface area (Å²) >= 11 is 6.35. The van der Waals surface area contributed by atoms with Crippen molar-refractivity contribution in [2.75, 3.05) is 5.32 Å². The van der Waals surface area contributed by atoms with E-state index in [-0.39, 0.29) is 28.1 Å². The van der Waals surface area contributed by atoms with Crippen LogP contribution in [0.15, 0.2) is 4.79 Å². The number of anilines is 1. The Labute approximate surface area is 136 Å². The van der Waals surface area contributed by atoms with Gasteiger partial charge in [-0.1, -0.05) is 29.5 Å². The van der Waals surface area contributed by atoms with Gasteiger partial charge in [0.2, 0.25) is 5.95 Å². The number of halogens is 1. The molecule has 0 bridgehead atoms. The summed E-state index contributed by atoms with van der Waals surface area (Å²) in [5.41, 5.74) is 0.223. The minimum atomic E-state index is -0.553. The van der Waals surface area contributed by atoms with E-state index in [9.17, 15) is 9.59 Å². The number of nitrogens with one attached hydrogen (secondary N) is 1. The normalized spacial score (nSPS) is 15.1. The van der Waals surface area contributed by atoms with Gasteiger partial charge in [0, 0.05) is 19.7 Å². The van der Waals surface area contributed by atoms with E-state index < -0.39 is 5.91 Å². The first kappa shape index (κ1) is 15.6. The SMILES string of the molecule is Cn1nnnc1NC(=O)c1nn(C)c(=O)c(C2CCCC2)c1Cl. The van der Waals surface area contributed by atoms with Crippen LogP contribution in [0.4, 0.5) is 5.95 Å². The Morgan fingerprint density at radius 2 is 1.96 bits per heavy atom. The van der Waals surface area contributed by atoms with Crippen LogP contribution in [-0.4, -0.2) is 35.9 Å². The van der Waals surface area contributed by atoms with Gasteiger partial charge in [-0.25, -0.2) is 9.36 Å². The second-order valence-electron chi connectivity index (χ2n) is 5.57. The zero-order valence-corrected chi connectivity index (χ0v) is 13.5. The Kier molecular flexibility index (Phi) is 4.12. The van der Waals surface area contributed by atoms with E-state index in [1.165, 1.54) is 11.7 Å². The Morgan fingerprint density at radius 1 is 1.26 bits per heavy atom. The van der Waals surface area contributed by atoms with Gasteiger partial charge in [0.05, 0.1) is 5.02 Å². The van der Waals surface area contributed by atoms with Crippen LogP contribution in [0.25, 0.3) is 0 Å². The first-order valence-corrected chi connectivity index (χ1v) is 7.67. The molecule has 1 aliphatic carbocycles. The molecule has 1 fully saturated rings. The molecule has 0 saturated heterocycles. The first-order chi connectivity index (χ1) is 11.0. The highest BCUT2D eigenvalue weighted by Crippen LogP contribution is 2.36. The topological polar surface area (TPSA) is 108 Å². The molecule has 2 heterocycles. The minimum Gasteiger partial charge on any atom is -0.288 e. The zero-order valence-electron chi connectivity index (χ0n) is 12.8. The molecule has 1 amide bonds. The lowest BCUT2D eigenvalue weighted by atomic mass is 9.98. The number of amides is 1. The average molecular weight is 338 g/mol. The molecule has 0 aromatic carbocycles. The maximum Gasteiger partial charge on any atom is 0.280 e. The highest BCUT2D eigenvalue weighted by atomic mass is 35.5. The second-order valence-corrected chi connectivity index (χ2v) is 5.94. The zero-order chi connectivity index (χ0) is 16.6. The minimum absolute atomic E-state index is 0.00123. The molecule has 23 heavy (non-hydrogen) atoms. The number of carbonyl (C=O) groups is 1. The number of aromatic nitrogens is 6. The third-order valence-corrected chi connectivity index (χ3v) is 4.43. The summed E-state index contributed by atoms with van der Waals surface area (Å²) in [5.74, 6) is -0.306. The standard InChI is InChI=1S/C13H16ClN7O2/c1-20-12(23)8(7-5-3-4-6-7)9(14)10(17-20)11(22)15-13-16-18-19-21(13)2/h7H,3-6H2,1-2H3,(H,15,16,19,22). The van der Waals surface area contributed by atoms with Crippen molar-refractivity contribution >= 4 is 23.5 Å². The van der Waals surface area contributed by atoms with Crippen LogP contribution in [0.3, 0.4) is 0 Å². The van der Waals surface area contributed by atoms with Gasteiger partial charge in [0.15, 0.2) is 5.69 Å². The number of carbonyl (C=O) groups excluding carboxylic acids is 1. The number of tetrazole rings is 1. The Morgan fingerprint density at radius 3 is 2.57 bits per heavy atom. The predicted molar refractivity (Wildman–Crippen MR) is 82.4 cm³/mol. The monoisotopic (exact) mass is 337 g/mol. The van der Waals surface area contributed by atoms with E-state index >= 15 is 0 Å². The molecular weight excluding hydrogens is 322 g/mol. The summed E-state index contributed by atoms with van der Waals surface area (Å²) in [6, 6.07) is 0. The molecule has 0 unspecified atom stereocenters. The van der Waals surface area contributed by atoms with Crippen LogP contribution in [0.2, 0.25) is 5.02 Å². The fourth-order valence-corrected chi connectivity index (χ4v) is 3.20. The predicted octanol–water partition coefficient (Wildman–Crippen LogP) is 0.867. The van der Waals surface area contributed by atoms with Crippen LogP contribution in [0.5, 0.6) is 0 Å². The van der Waals surface area contributed by atoms with E-state index in [1.54, 1.807) is 7.05 Å². The Bertz CT molecular complexity index is 807. The van der Waals surface area contributed by atoms with Crippen LogP contribution in [-0.2, 0) is 14.1 Å². The number of hydrogen-bond donors (Lipinski definition) is 1. The molecule has 1 saturated carbocycles. The first-order valence-electron chi connectivity index (χ1n) is 7.29. The molecule has 9 nitrogen and oxygen atoms in total. The number of rotatable bonds is 3. The summed E-state index contributed by atoms with van der Waals surface area (Å²) in [4.78, 5) is 24.8. The molecule has 122 valence electrons. The number of hydrogen-bond acceptors (Lipinski definition) is 6. The third-order valence-electron chi connectivity index (χ3n) is 4.04. The highest BCUT2D eigenvalue weighted by Gasteiger charge is 2.28. The van der Waals surface area contributed by atoms with Gasteiger partial charge in [0.25, 0.3) is 11.5 Å². The fraction of sp³-hybridized carbons (Fsp3) is 0.538. The summed E-state index contributed by atoms with van der Waals surface area (Å²) < 4.78 is 2.47. The summed E-state index contributed by atoms with van der Waals surface area (Å²) in [5, 5.41) is 17.4. The van der Waals surface area contributed by atoms with Gasteiger partial charge in [-0.15, -0.1) is 0 Å². The van der Waals surface area contributed by atoms with Crippen LogP contribution in [0.1, 0.15) is 47.7 Å². The average Bonchev–Trinajstić information content (AvgIpc) is 3.16. The maximum absolute atomic E-state index is 12.4. The van der Waals surface area contributed by atoms with Crippen molar-refractivity contribution < 1.29 is 4.79 Å². The molecule has 10 heteroatoms. The van der Waals surface area contributed by atoms with Gasteiger partial charge in [-0.05, 0) is 29.2 Å². The Hall–Kier alpha value is -2.29. The van der Waals surface area contributed by atoms with Gasteiger partial charge in [-0.3, -0.25) is 14.9 Å². The van der Waals surface area contributed by atoms with Crippen molar-refractivity contribution in [2.45, 2.75) is 31.6 Å². The third kappa shape index (κ3) is 2.83. The number of aryl methyl sites for hydroxylation is 2. The smallest absolute Gasteiger partial charge is 0.280 e. The number of nitrogens with zero attached hydrogens (tertiary/aromatic N) is 6. The molecule has 0 atom stereocenters. The Balaban J connectivity index is 2.00. The molecule has 0 aliphatic heterocycles. The molecule has 0 radical (unpaired) electrons. The van der Waals surface area contributed by atoms with Crippen LogP contribution < -0.4 is 10.9 Å². The lowest BCUT2D eigenvalue weighted by Crippen LogP contribution is -2.30. The maximum atomic E-state index is 12.4. The lowest BCUT2D eigenvalue weighted by Gasteiger charge is -2.14. The highest BCUT2D eigenvalue weighted by molar-refractivity contribution is 6.34.